The summed E-state index contributed by atoms with van der Waals surface area (Å²) >= 11 is 6.53. The molecule has 1 fully saturated rings. The average Bonchev–Trinajstić information content (AvgIpc) is 3.21. The first-order valence-electron chi connectivity index (χ1n) is 11.2. The zero-order valence-electron chi connectivity index (χ0n) is 18.3. The smallest absolute Gasteiger partial charge is 0.264 e. The number of amides is 1. The molecule has 2 aromatic heterocycles. The number of pyridine rings is 1. The highest BCUT2D eigenvalue weighted by molar-refractivity contribution is 6.37. The molecule has 0 aliphatic heterocycles. The molecule has 3 atom stereocenters. The lowest BCUT2D eigenvalue weighted by atomic mass is 9.89. The van der Waals surface area contributed by atoms with E-state index in [0.717, 1.165) is 30.3 Å². The molecule has 7 nitrogen and oxygen atoms in total. The van der Waals surface area contributed by atoms with E-state index in [-0.39, 0.29) is 23.6 Å². The Hall–Kier alpha value is -3.16. The molecule has 2 aromatic carbocycles. The van der Waals surface area contributed by atoms with Gasteiger partial charge in [-0.3, -0.25) is 9.59 Å². The summed E-state index contributed by atoms with van der Waals surface area (Å²) in [5.41, 5.74) is 8.03. The summed E-state index contributed by atoms with van der Waals surface area (Å²) in [6, 6.07) is 13.9. The number of carbonyl (C=O) groups is 1. The van der Waals surface area contributed by atoms with Crippen molar-refractivity contribution in [2.24, 2.45) is 5.73 Å². The molecule has 3 N–H and O–H groups in total. The number of benzene rings is 2. The molecule has 1 aliphatic carbocycles. The number of hydrogen-bond acceptors (Lipinski definition) is 5. The topological polar surface area (TPSA) is 103 Å². The summed E-state index contributed by atoms with van der Waals surface area (Å²) in [6.45, 7) is 1.73. The van der Waals surface area contributed by atoms with Crippen LogP contribution in [0.5, 0.6) is 0 Å². The summed E-state index contributed by atoms with van der Waals surface area (Å²) in [6.07, 6.45) is 3.18. The van der Waals surface area contributed by atoms with E-state index in [4.69, 9.17) is 21.9 Å². The molecule has 1 aliphatic rings. The number of hydrogen-bond donors (Lipinski definition) is 2. The van der Waals surface area contributed by atoms with Crippen molar-refractivity contribution in [1.29, 1.82) is 0 Å². The van der Waals surface area contributed by atoms with Crippen LogP contribution < -0.4 is 16.6 Å². The molecule has 1 saturated carbocycles. The maximum Gasteiger partial charge on any atom is 0.264 e. The molecule has 8 heteroatoms. The molecule has 2 heterocycles. The van der Waals surface area contributed by atoms with Gasteiger partial charge >= 0.3 is 0 Å². The van der Waals surface area contributed by atoms with Crippen LogP contribution in [0.2, 0.25) is 5.02 Å². The van der Waals surface area contributed by atoms with Gasteiger partial charge in [0.05, 0.1) is 10.5 Å². The second-order valence-electron chi connectivity index (χ2n) is 8.69. The Morgan fingerprint density at radius 2 is 1.97 bits per heavy atom. The lowest BCUT2D eigenvalue weighted by Crippen LogP contribution is -2.44. The van der Waals surface area contributed by atoms with Crippen molar-refractivity contribution in [3.05, 3.63) is 75.2 Å². The molecular formula is C25H25ClN4O3. The summed E-state index contributed by atoms with van der Waals surface area (Å²) in [4.78, 5) is 26.4. The Balaban J connectivity index is 1.48. The van der Waals surface area contributed by atoms with E-state index >= 15 is 0 Å². The van der Waals surface area contributed by atoms with Crippen LogP contribution in [-0.2, 0) is 4.79 Å². The van der Waals surface area contributed by atoms with Gasteiger partial charge in [-0.05, 0) is 50.3 Å². The second-order valence-corrected chi connectivity index (χ2v) is 9.09. The minimum Gasteiger partial charge on any atom is -0.360 e. The zero-order valence-corrected chi connectivity index (χ0v) is 19.0. The molecule has 0 spiro atoms. The van der Waals surface area contributed by atoms with Crippen molar-refractivity contribution in [2.45, 2.75) is 50.7 Å². The predicted molar refractivity (Wildman–Crippen MR) is 128 cm³/mol. The van der Waals surface area contributed by atoms with Gasteiger partial charge in [0, 0.05) is 17.5 Å². The lowest BCUT2D eigenvalue weighted by molar-refractivity contribution is -0.123. The predicted octanol–water partition coefficient (Wildman–Crippen LogP) is 4.40. The minimum absolute atomic E-state index is 0.0774. The van der Waals surface area contributed by atoms with Crippen LogP contribution in [0.4, 0.5) is 0 Å². The first kappa shape index (κ1) is 21.7. The van der Waals surface area contributed by atoms with Gasteiger partial charge in [0.1, 0.15) is 22.7 Å². The number of halogens is 1. The maximum absolute atomic E-state index is 13.6. The van der Waals surface area contributed by atoms with E-state index in [2.05, 4.69) is 10.5 Å². The highest BCUT2D eigenvalue weighted by Crippen LogP contribution is 2.35. The molecule has 1 amide bonds. The largest absolute Gasteiger partial charge is 0.360 e. The molecule has 0 bridgehead atoms. The van der Waals surface area contributed by atoms with Gasteiger partial charge in [-0.15, -0.1) is 0 Å². The normalized spacial score (nSPS) is 19.6. The molecule has 0 unspecified atom stereocenters. The van der Waals surface area contributed by atoms with Crippen LogP contribution in [-0.4, -0.2) is 21.7 Å². The third kappa shape index (κ3) is 3.81. The highest BCUT2D eigenvalue weighted by Gasteiger charge is 2.29. The SMILES string of the molecule is Cc1onc2c1c(=O)n([C@H]1CCC[C@@H](NC(=O)[C@@H](N)c3ccccc3)C1)c1cccc(Cl)c21. The monoisotopic (exact) mass is 464 g/mol. The molecule has 170 valence electrons. The van der Waals surface area contributed by atoms with Crippen LogP contribution in [0.15, 0.2) is 57.8 Å². The van der Waals surface area contributed by atoms with Gasteiger partial charge < -0.3 is 20.1 Å². The summed E-state index contributed by atoms with van der Waals surface area (Å²) < 4.78 is 7.16. The minimum atomic E-state index is -0.732. The number of nitrogens with one attached hydrogen (secondary N) is 1. The Labute approximate surface area is 195 Å². The van der Waals surface area contributed by atoms with Crippen LogP contribution in [0.25, 0.3) is 21.8 Å². The van der Waals surface area contributed by atoms with Gasteiger partial charge in [-0.25, -0.2) is 0 Å². The molecule has 4 aromatic rings. The number of rotatable bonds is 4. The molecule has 33 heavy (non-hydrogen) atoms. The quantitative estimate of drug-likeness (QED) is 0.465. The molecule has 0 radical (unpaired) electrons. The van der Waals surface area contributed by atoms with Crippen molar-refractivity contribution < 1.29 is 9.32 Å². The van der Waals surface area contributed by atoms with Crippen LogP contribution in [0.3, 0.4) is 0 Å². The fourth-order valence-electron chi connectivity index (χ4n) is 4.97. The molecule has 5 rings (SSSR count). The van der Waals surface area contributed by atoms with Crippen molar-refractivity contribution in [2.75, 3.05) is 0 Å². The summed E-state index contributed by atoms with van der Waals surface area (Å²) in [5.74, 6) is 0.262. The van der Waals surface area contributed by atoms with Gasteiger partial charge in [-0.2, -0.15) is 0 Å². The van der Waals surface area contributed by atoms with Crippen molar-refractivity contribution in [3.63, 3.8) is 0 Å². The fourth-order valence-corrected chi connectivity index (χ4v) is 5.23. The summed E-state index contributed by atoms with van der Waals surface area (Å²) in [7, 11) is 0. The van der Waals surface area contributed by atoms with Crippen molar-refractivity contribution >= 4 is 39.3 Å². The van der Waals surface area contributed by atoms with E-state index in [1.807, 2.05) is 47.0 Å². The van der Waals surface area contributed by atoms with E-state index < -0.39 is 6.04 Å². The lowest BCUT2D eigenvalue weighted by Gasteiger charge is -2.32. The third-order valence-electron chi connectivity index (χ3n) is 6.58. The summed E-state index contributed by atoms with van der Waals surface area (Å²) in [5, 5.41) is 8.90. The van der Waals surface area contributed by atoms with E-state index in [0.29, 0.717) is 33.5 Å². The number of carbonyl (C=O) groups excluding carboxylic acids is 1. The van der Waals surface area contributed by atoms with Crippen LogP contribution in [0.1, 0.15) is 49.1 Å². The zero-order chi connectivity index (χ0) is 23.1. The molecule has 0 saturated heterocycles. The second kappa shape index (κ2) is 8.65. The first-order chi connectivity index (χ1) is 16.0. The standard InChI is InChI=1S/C25H25ClN4O3/c1-14-20-23(29-33-14)21-18(26)11-6-12-19(21)30(25(20)32)17-10-5-9-16(13-17)28-24(31)22(27)15-7-3-2-4-8-15/h2-4,6-8,11-12,16-17,22H,5,9-10,13,27H2,1H3,(H,28,31)/t16-,17+,22+/m1/s1. The van der Waals surface area contributed by atoms with Gasteiger partial charge in [0.25, 0.3) is 5.56 Å². The van der Waals surface area contributed by atoms with Crippen LogP contribution in [0, 0.1) is 6.92 Å². The van der Waals surface area contributed by atoms with Gasteiger partial charge in [0.15, 0.2) is 0 Å². The van der Waals surface area contributed by atoms with E-state index in [1.165, 1.54) is 0 Å². The van der Waals surface area contributed by atoms with Crippen molar-refractivity contribution in [1.82, 2.24) is 15.0 Å². The number of nitrogens with two attached hydrogens (primary N) is 1. The van der Waals surface area contributed by atoms with Gasteiger partial charge in [0.2, 0.25) is 5.91 Å². The van der Waals surface area contributed by atoms with E-state index in [9.17, 15) is 9.59 Å². The molecular weight excluding hydrogens is 440 g/mol. The average molecular weight is 465 g/mol. The Bertz CT molecular complexity index is 1400. The van der Waals surface area contributed by atoms with Crippen molar-refractivity contribution in [3.8, 4) is 0 Å². The Morgan fingerprint density at radius 3 is 2.76 bits per heavy atom. The van der Waals surface area contributed by atoms with Gasteiger partial charge in [-0.1, -0.05) is 53.2 Å². The number of nitrogens with zero attached hydrogens (tertiary/aromatic N) is 2. The maximum atomic E-state index is 13.6. The third-order valence-corrected chi connectivity index (χ3v) is 6.90. The number of aromatic nitrogens is 2. The number of fused-ring (bicyclic) bond motifs is 3. The fraction of sp³-hybridized carbons (Fsp3) is 0.320. The van der Waals surface area contributed by atoms with Crippen LogP contribution >= 0.6 is 11.6 Å². The Morgan fingerprint density at radius 1 is 1.18 bits per heavy atom. The van der Waals surface area contributed by atoms with E-state index in [1.54, 1.807) is 13.0 Å². The highest BCUT2D eigenvalue weighted by atomic mass is 35.5. The first-order valence-corrected chi connectivity index (χ1v) is 11.5. The Kier molecular flexibility index (Phi) is 5.68. The number of aryl methyl sites for hydroxylation is 1.